The van der Waals surface area contributed by atoms with Crippen LogP contribution in [0.3, 0.4) is 0 Å². The number of aromatic nitrogens is 1. The van der Waals surface area contributed by atoms with Gasteiger partial charge in [-0.2, -0.15) is 18.3 Å². The van der Waals surface area contributed by atoms with Gasteiger partial charge in [0.1, 0.15) is 0 Å². The van der Waals surface area contributed by atoms with Crippen molar-refractivity contribution in [3.05, 3.63) is 90.0 Å². The summed E-state index contributed by atoms with van der Waals surface area (Å²) in [5, 5.41) is 5.12. The Morgan fingerprint density at radius 3 is 2.28 bits per heavy atom. The van der Waals surface area contributed by atoms with Crippen molar-refractivity contribution < 1.29 is 13.2 Å². The molecule has 0 saturated heterocycles. The maximum Gasteiger partial charge on any atom is 0.418 e. The van der Waals surface area contributed by atoms with Gasteiger partial charge in [-0.3, -0.25) is 5.43 Å². The Labute approximate surface area is 166 Å². The van der Waals surface area contributed by atoms with Gasteiger partial charge in [-0.05, 0) is 23.8 Å². The molecule has 29 heavy (non-hydrogen) atoms. The second-order valence-electron chi connectivity index (χ2n) is 6.62. The first-order chi connectivity index (χ1) is 14.0. The molecule has 0 aliphatic carbocycles. The van der Waals surface area contributed by atoms with Crippen LogP contribution in [-0.2, 0) is 13.2 Å². The number of hydrazone groups is 1. The molecule has 0 saturated carbocycles. The summed E-state index contributed by atoms with van der Waals surface area (Å²) >= 11 is 0. The Balaban J connectivity index is 1.78. The van der Waals surface area contributed by atoms with Crippen LogP contribution in [0.1, 0.15) is 11.1 Å². The monoisotopic (exact) mass is 393 g/mol. The minimum atomic E-state index is -4.45. The molecule has 0 fully saturated rings. The van der Waals surface area contributed by atoms with Gasteiger partial charge in [-0.15, -0.1) is 0 Å². The predicted octanol–water partition coefficient (Wildman–Crippen LogP) is 6.31. The number of anilines is 1. The van der Waals surface area contributed by atoms with E-state index in [9.17, 15) is 13.2 Å². The van der Waals surface area contributed by atoms with Crippen LogP contribution in [0.4, 0.5) is 18.9 Å². The minimum absolute atomic E-state index is 0.0854. The average molecular weight is 393 g/mol. The largest absolute Gasteiger partial charge is 0.418 e. The number of nitrogens with zero attached hydrogens (tertiary/aromatic N) is 2. The lowest BCUT2D eigenvalue weighted by Gasteiger charge is -2.11. The Kier molecular flexibility index (Phi) is 4.84. The van der Waals surface area contributed by atoms with Gasteiger partial charge in [0.15, 0.2) is 0 Å². The second kappa shape index (κ2) is 7.47. The molecule has 0 bridgehead atoms. The first kappa shape index (κ1) is 18.8. The SMILES string of the molecule is Cn1c(-c2ccccc2)c(/C=N\Nc2ccccc2C(F)(F)F)c2ccccc21. The molecule has 0 aliphatic heterocycles. The van der Waals surface area contributed by atoms with Crippen LogP contribution >= 0.6 is 0 Å². The fourth-order valence-corrected chi connectivity index (χ4v) is 3.49. The highest BCUT2D eigenvalue weighted by molar-refractivity contribution is 6.06. The number of hydrogen-bond donors (Lipinski definition) is 1. The van der Waals surface area contributed by atoms with Gasteiger partial charge in [0.2, 0.25) is 0 Å². The predicted molar refractivity (Wildman–Crippen MR) is 111 cm³/mol. The minimum Gasteiger partial charge on any atom is -0.343 e. The van der Waals surface area contributed by atoms with Gasteiger partial charge >= 0.3 is 6.18 Å². The molecule has 146 valence electrons. The third-order valence-electron chi connectivity index (χ3n) is 4.80. The maximum absolute atomic E-state index is 13.2. The highest BCUT2D eigenvalue weighted by Crippen LogP contribution is 2.35. The molecule has 4 rings (SSSR count). The number of fused-ring (bicyclic) bond motifs is 1. The normalized spacial score (nSPS) is 12.0. The number of rotatable bonds is 4. The Hall–Kier alpha value is -3.54. The lowest BCUT2D eigenvalue weighted by atomic mass is 10.1. The molecule has 0 radical (unpaired) electrons. The van der Waals surface area contributed by atoms with Crippen LogP contribution in [0.5, 0.6) is 0 Å². The van der Waals surface area contributed by atoms with E-state index in [4.69, 9.17) is 0 Å². The summed E-state index contributed by atoms with van der Waals surface area (Å²) in [4.78, 5) is 0. The van der Waals surface area contributed by atoms with Crippen LogP contribution in [0.25, 0.3) is 22.2 Å². The van der Waals surface area contributed by atoms with Crippen LogP contribution < -0.4 is 5.43 Å². The summed E-state index contributed by atoms with van der Waals surface area (Å²) in [5.41, 5.74) is 5.53. The van der Waals surface area contributed by atoms with E-state index < -0.39 is 11.7 Å². The summed E-state index contributed by atoms with van der Waals surface area (Å²) in [7, 11) is 1.97. The summed E-state index contributed by atoms with van der Waals surface area (Å²) in [6.45, 7) is 0. The van der Waals surface area contributed by atoms with Crippen molar-refractivity contribution in [2.24, 2.45) is 12.1 Å². The summed E-state index contributed by atoms with van der Waals surface area (Å²) in [6.07, 6.45) is -2.87. The molecule has 3 aromatic carbocycles. The van der Waals surface area contributed by atoms with E-state index in [1.54, 1.807) is 12.3 Å². The van der Waals surface area contributed by atoms with Crippen LogP contribution in [0.15, 0.2) is 84.0 Å². The quantitative estimate of drug-likeness (QED) is 0.319. The van der Waals surface area contributed by atoms with E-state index in [0.29, 0.717) is 0 Å². The average Bonchev–Trinajstić information content (AvgIpc) is 3.00. The van der Waals surface area contributed by atoms with Gasteiger partial charge in [-0.25, -0.2) is 0 Å². The number of para-hydroxylation sites is 2. The van der Waals surface area contributed by atoms with Gasteiger partial charge < -0.3 is 4.57 Å². The van der Waals surface area contributed by atoms with E-state index in [1.807, 2.05) is 61.6 Å². The second-order valence-corrected chi connectivity index (χ2v) is 6.62. The first-order valence-corrected chi connectivity index (χ1v) is 9.05. The van der Waals surface area contributed by atoms with E-state index in [1.165, 1.54) is 12.1 Å². The van der Waals surface area contributed by atoms with Crippen molar-refractivity contribution >= 4 is 22.8 Å². The number of halogens is 3. The number of alkyl halides is 3. The Morgan fingerprint density at radius 1 is 0.862 bits per heavy atom. The molecule has 1 N–H and O–H groups in total. The fourth-order valence-electron chi connectivity index (χ4n) is 3.49. The molecule has 0 amide bonds. The summed E-state index contributed by atoms with van der Waals surface area (Å²) < 4.78 is 41.7. The molecule has 3 nitrogen and oxygen atoms in total. The van der Waals surface area contributed by atoms with Crippen molar-refractivity contribution in [1.29, 1.82) is 0 Å². The molecule has 0 unspecified atom stereocenters. The third kappa shape index (κ3) is 3.61. The number of aryl methyl sites for hydroxylation is 1. The zero-order chi connectivity index (χ0) is 20.4. The molecule has 6 heteroatoms. The van der Waals surface area contributed by atoms with Gasteiger partial charge in [0.05, 0.1) is 23.2 Å². The van der Waals surface area contributed by atoms with Crippen LogP contribution in [0, 0.1) is 0 Å². The maximum atomic E-state index is 13.2. The fraction of sp³-hybridized carbons (Fsp3) is 0.0870. The van der Waals surface area contributed by atoms with Crippen molar-refractivity contribution in [3.8, 4) is 11.3 Å². The van der Waals surface area contributed by atoms with E-state index >= 15 is 0 Å². The zero-order valence-corrected chi connectivity index (χ0v) is 15.6. The molecule has 0 atom stereocenters. The van der Waals surface area contributed by atoms with Crippen molar-refractivity contribution in [1.82, 2.24) is 4.57 Å². The smallest absolute Gasteiger partial charge is 0.343 e. The van der Waals surface area contributed by atoms with Crippen molar-refractivity contribution in [2.75, 3.05) is 5.43 Å². The molecule has 0 aliphatic rings. The Bertz CT molecular complexity index is 1180. The lowest BCUT2D eigenvalue weighted by molar-refractivity contribution is -0.136. The molecule has 1 aromatic heterocycles. The van der Waals surface area contributed by atoms with Crippen LogP contribution in [0.2, 0.25) is 0 Å². The van der Waals surface area contributed by atoms with Gasteiger partial charge in [0.25, 0.3) is 0 Å². The molecular weight excluding hydrogens is 375 g/mol. The lowest BCUT2D eigenvalue weighted by Crippen LogP contribution is -2.08. The van der Waals surface area contributed by atoms with Crippen molar-refractivity contribution in [3.63, 3.8) is 0 Å². The van der Waals surface area contributed by atoms with Gasteiger partial charge in [-0.1, -0.05) is 60.7 Å². The molecule has 0 spiro atoms. The first-order valence-electron chi connectivity index (χ1n) is 9.05. The van der Waals surface area contributed by atoms with E-state index in [0.717, 1.165) is 33.8 Å². The van der Waals surface area contributed by atoms with E-state index in [-0.39, 0.29) is 5.69 Å². The Morgan fingerprint density at radius 2 is 1.52 bits per heavy atom. The van der Waals surface area contributed by atoms with Gasteiger partial charge in [0, 0.05) is 23.5 Å². The number of hydrogen-bond acceptors (Lipinski definition) is 2. The van der Waals surface area contributed by atoms with Crippen molar-refractivity contribution in [2.45, 2.75) is 6.18 Å². The van der Waals surface area contributed by atoms with Crippen LogP contribution in [-0.4, -0.2) is 10.8 Å². The third-order valence-corrected chi connectivity index (χ3v) is 4.80. The molecule has 4 aromatic rings. The highest BCUT2D eigenvalue weighted by Gasteiger charge is 2.33. The number of benzene rings is 3. The zero-order valence-electron chi connectivity index (χ0n) is 15.6. The summed E-state index contributed by atoms with van der Waals surface area (Å²) in [6, 6.07) is 23.0. The molecular formula is C23H18F3N3. The standard InChI is InChI=1S/C23H18F3N3/c1-29-21-14-8-5-11-17(21)18(22(29)16-9-3-2-4-10-16)15-27-28-20-13-7-6-12-19(20)23(24,25)26/h2-15,28H,1H3/b27-15-. The molecule has 1 heterocycles. The van der Waals surface area contributed by atoms with E-state index in [2.05, 4.69) is 15.1 Å². The topological polar surface area (TPSA) is 29.3 Å². The highest BCUT2D eigenvalue weighted by atomic mass is 19.4. The summed E-state index contributed by atoms with van der Waals surface area (Å²) in [5.74, 6) is 0. The number of nitrogens with one attached hydrogen (secondary N) is 1.